The monoisotopic (exact) mass is 191 g/mol. The van der Waals surface area contributed by atoms with Crippen LogP contribution in [0.5, 0.6) is 0 Å². The second kappa shape index (κ2) is 4.49. The van der Waals surface area contributed by atoms with Crippen LogP contribution in [0, 0.1) is 11.3 Å². The van der Waals surface area contributed by atoms with Crippen LogP contribution >= 0.6 is 0 Å². The number of rotatable bonds is 3. The van der Waals surface area contributed by atoms with E-state index in [1.807, 2.05) is 11.9 Å². The highest BCUT2D eigenvalue weighted by Gasteiger charge is 2.06. The largest absolute Gasteiger partial charge is 0.399 e. The molecule has 0 amide bonds. The molecule has 4 nitrogen and oxygen atoms in total. The van der Waals surface area contributed by atoms with Gasteiger partial charge in [0.25, 0.3) is 0 Å². The smallest absolute Gasteiger partial charge is 0.101 e. The average molecular weight is 191 g/mol. The minimum atomic E-state index is 0.0613. The lowest BCUT2D eigenvalue weighted by atomic mass is 10.1. The third-order valence-electron chi connectivity index (χ3n) is 1.99. The number of nitrogen functional groups attached to an aromatic ring is 1. The van der Waals surface area contributed by atoms with Gasteiger partial charge in [-0.25, -0.2) is 0 Å². The third-order valence-corrected chi connectivity index (χ3v) is 1.99. The molecular weight excluding hydrogens is 178 g/mol. The Kier molecular flexibility index (Phi) is 3.32. The number of aliphatic hydroxyl groups is 1. The van der Waals surface area contributed by atoms with Crippen LogP contribution in [0.2, 0.25) is 0 Å². The fraction of sp³-hybridized carbons (Fsp3) is 0.300. The Morgan fingerprint density at radius 3 is 2.86 bits per heavy atom. The molecule has 0 aliphatic carbocycles. The molecule has 3 N–H and O–H groups in total. The van der Waals surface area contributed by atoms with Crippen LogP contribution in [-0.2, 0) is 0 Å². The van der Waals surface area contributed by atoms with E-state index in [1.165, 1.54) is 0 Å². The van der Waals surface area contributed by atoms with Gasteiger partial charge in [-0.3, -0.25) is 0 Å². The summed E-state index contributed by atoms with van der Waals surface area (Å²) in [7, 11) is 1.82. The first-order valence-corrected chi connectivity index (χ1v) is 4.30. The third kappa shape index (κ3) is 2.15. The zero-order valence-corrected chi connectivity index (χ0v) is 8.07. The summed E-state index contributed by atoms with van der Waals surface area (Å²) >= 11 is 0. The lowest BCUT2D eigenvalue weighted by molar-refractivity contribution is 0.304. The number of nitriles is 1. The van der Waals surface area contributed by atoms with Gasteiger partial charge in [0, 0.05) is 19.3 Å². The summed E-state index contributed by atoms with van der Waals surface area (Å²) in [6.07, 6.45) is 0. The van der Waals surface area contributed by atoms with E-state index in [-0.39, 0.29) is 6.61 Å². The fourth-order valence-corrected chi connectivity index (χ4v) is 1.25. The lowest BCUT2D eigenvalue weighted by Gasteiger charge is -2.19. The molecule has 0 aliphatic rings. The van der Waals surface area contributed by atoms with Crippen LogP contribution in [0.1, 0.15) is 5.56 Å². The number of likely N-dealkylation sites (N-methyl/N-ethyl adjacent to an activating group) is 1. The summed E-state index contributed by atoms with van der Waals surface area (Å²) in [5.74, 6) is 0. The second-order valence-electron chi connectivity index (χ2n) is 3.03. The van der Waals surface area contributed by atoms with Crippen molar-refractivity contribution in [2.24, 2.45) is 0 Å². The number of hydrogen-bond donors (Lipinski definition) is 2. The van der Waals surface area contributed by atoms with Gasteiger partial charge in [-0.15, -0.1) is 0 Å². The van der Waals surface area contributed by atoms with Crippen molar-refractivity contribution in [1.29, 1.82) is 5.26 Å². The van der Waals surface area contributed by atoms with E-state index in [9.17, 15) is 0 Å². The Morgan fingerprint density at radius 1 is 1.57 bits per heavy atom. The molecule has 1 aromatic rings. The van der Waals surface area contributed by atoms with Crippen LogP contribution < -0.4 is 10.6 Å². The molecule has 0 radical (unpaired) electrons. The summed E-state index contributed by atoms with van der Waals surface area (Å²) in [6, 6.07) is 7.22. The fourth-order valence-electron chi connectivity index (χ4n) is 1.25. The topological polar surface area (TPSA) is 73.3 Å². The molecule has 0 saturated heterocycles. The number of nitrogens with zero attached hydrogens (tertiary/aromatic N) is 2. The summed E-state index contributed by atoms with van der Waals surface area (Å²) in [5.41, 5.74) is 7.45. The normalized spacial score (nSPS) is 9.50. The first-order valence-electron chi connectivity index (χ1n) is 4.30. The molecule has 1 rings (SSSR count). The van der Waals surface area contributed by atoms with E-state index in [1.54, 1.807) is 18.2 Å². The van der Waals surface area contributed by atoms with Crippen LogP contribution in [-0.4, -0.2) is 25.3 Å². The molecule has 0 fully saturated rings. The summed E-state index contributed by atoms with van der Waals surface area (Å²) < 4.78 is 0. The van der Waals surface area contributed by atoms with E-state index in [4.69, 9.17) is 16.1 Å². The Labute approximate surface area is 83.2 Å². The standard InChI is InChI=1S/C10H13N3O/c1-13(4-5-14)10-3-2-9(12)6-8(10)7-11/h2-3,6,14H,4-5,12H2,1H3. The van der Waals surface area contributed by atoms with Gasteiger partial charge in [-0.1, -0.05) is 0 Å². The number of nitrogens with two attached hydrogens (primary N) is 1. The van der Waals surface area contributed by atoms with Gasteiger partial charge in [0.15, 0.2) is 0 Å². The first-order chi connectivity index (χ1) is 6.69. The van der Waals surface area contributed by atoms with Crippen molar-refractivity contribution in [2.75, 3.05) is 30.8 Å². The molecule has 0 bridgehead atoms. The highest BCUT2D eigenvalue weighted by Crippen LogP contribution is 2.20. The Hall–Kier alpha value is -1.73. The minimum absolute atomic E-state index is 0.0613. The van der Waals surface area contributed by atoms with Crippen molar-refractivity contribution in [3.63, 3.8) is 0 Å². The highest BCUT2D eigenvalue weighted by atomic mass is 16.3. The Bertz CT molecular complexity index is 357. The van der Waals surface area contributed by atoms with Crippen molar-refractivity contribution < 1.29 is 5.11 Å². The van der Waals surface area contributed by atoms with E-state index < -0.39 is 0 Å². The second-order valence-corrected chi connectivity index (χ2v) is 3.03. The van der Waals surface area contributed by atoms with E-state index in [0.717, 1.165) is 5.69 Å². The minimum Gasteiger partial charge on any atom is -0.399 e. The van der Waals surface area contributed by atoms with Gasteiger partial charge in [-0.05, 0) is 18.2 Å². The average Bonchev–Trinajstić information content (AvgIpc) is 2.17. The zero-order valence-electron chi connectivity index (χ0n) is 8.07. The van der Waals surface area contributed by atoms with Crippen LogP contribution in [0.3, 0.4) is 0 Å². The molecule has 0 unspecified atom stereocenters. The Morgan fingerprint density at radius 2 is 2.29 bits per heavy atom. The number of aliphatic hydroxyl groups excluding tert-OH is 1. The van der Waals surface area contributed by atoms with Gasteiger partial charge in [-0.2, -0.15) is 5.26 Å². The van der Waals surface area contributed by atoms with Crippen LogP contribution in [0.25, 0.3) is 0 Å². The number of anilines is 2. The molecule has 0 aromatic heterocycles. The maximum Gasteiger partial charge on any atom is 0.101 e. The molecular formula is C10H13N3O. The molecule has 0 atom stereocenters. The van der Waals surface area contributed by atoms with Gasteiger partial charge in [0.2, 0.25) is 0 Å². The molecule has 1 aromatic carbocycles. The molecule has 0 heterocycles. The van der Waals surface area contributed by atoms with Crippen LogP contribution in [0.4, 0.5) is 11.4 Å². The molecule has 14 heavy (non-hydrogen) atoms. The Balaban J connectivity index is 3.03. The maximum atomic E-state index is 8.87. The number of benzene rings is 1. The van der Waals surface area contributed by atoms with Gasteiger partial charge < -0.3 is 15.7 Å². The highest BCUT2D eigenvalue weighted by molar-refractivity contribution is 5.63. The van der Waals surface area contributed by atoms with Gasteiger partial charge in [0.05, 0.1) is 17.9 Å². The van der Waals surface area contributed by atoms with Crippen LogP contribution in [0.15, 0.2) is 18.2 Å². The van der Waals surface area contributed by atoms with Crippen molar-refractivity contribution in [2.45, 2.75) is 0 Å². The molecule has 0 saturated carbocycles. The van der Waals surface area contributed by atoms with Crippen molar-refractivity contribution >= 4 is 11.4 Å². The predicted molar refractivity (Wildman–Crippen MR) is 55.9 cm³/mol. The van der Waals surface area contributed by atoms with Crippen molar-refractivity contribution in [3.05, 3.63) is 23.8 Å². The SMILES string of the molecule is CN(CCO)c1ccc(N)cc1C#N. The quantitative estimate of drug-likeness (QED) is 0.685. The molecule has 0 spiro atoms. The number of hydrogen-bond acceptors (Lipinski definition) is 4. The van der Waals surface area contributed by atoms with Crippen molar-refractivity contribution in [1.82, 2.24) is 0 Å². The lowest BCUT2D eigenvalue weighted by Crippen LogP contribution is -2.22. The van der Waals surface area contributed by atoms with E-state index >= 15 is 0 Å². The van der Waals surface area contributed by atoms with E-state index in [0.29, 0.717) is 17.8 Å². The van der Waals surface area contributed by atoms with E-state index in [2.05, 4.69) is 6.07 Å². The summed E-state index contributed by atoms with van der Waals surface area (Å²) in [5, 5.41) is 17.6. The summed E-state index contributed by atoms with van der Waals surface area (Å²) in [4.78, 5) is 1.82. The predicted octanol–water partition coefficient (Wildman–Crippen LogP) is 0.569. The molecule has 0 aliphatic heterocycles. The summed E-state index contributed by atoms with van der Waals surface area (Å²) in [6.45, 7) is 0.560. The first kappa shape index (κ1) is 10.4. The maximum absolute atomic E-state index is 8.87. The molecule has 4 heteroatoms. The molecule has 74 valence electrons. The van der Waals surface area contributed by atoms with Crippen molar-refractivity contribution in [3.8, 4) is 6.07 Å². The zero-order chi connectivity index (χ0) is 10.6. The van der Waals surface area contributed by atoms with Gasteiger partial charge >= 0.3 is 0 Å². The van der Waals surface area contributed by atoms with Gasteiger partial charge in [0.1, 0.15) is 6.07 Å².